The van der Waals surface area contributed by atoms with E-state index in [-0.39, 0.29) is 10.9 Å². The highest BCUT2D eigenvalue weighted by Crippen LogP contribution is 2.27. The number of anilines is 1. The lowest BCUT2D eigenvalue weighted by Gasteiger charge is -2.20. The predicted molar refractivity (Wildman–Crippen MR) is 86.7 cm³/mol. The highest BCUT2D eigenvalue weighted by atomic mass is 32.2. The van der Waals surface area contributed by atoms with Crippen LogP contribution in [0.15, 0.2) is 41.3 Å². The first-order chi connectivity index (χ1) is 9.83. The Morgan fingerprint density at radius 1 is 1.14 bits per heavy atom. The molecule has 0 fully saturated rings. The quantitative estimate of drug-likeness (QED) is 0.824. The van der Waals surface area contributed by atoms with Gasteiger partial charge in [-0.05, 0) is 33.2 Å². The van der Waals surface area contributed by atoms with Crippen LogP contribution in [0.4, 0.5) is 5.69 Å². The van der Waals surface area contributed by atoms with Crippen molar-refractivity contribution in [3.05, 3.63) is 36.4 Å². The van der Waals surface area contributed by atoms with Gasteiger partial charge in [0.25, 0.3) is 0 Å². The Kier molecular flexibility index (Phi) is 4.51. The molecule has 0 heterocycles. The normalized spacial score (nSPS) is 13.7. The smallest absolute Gasteiger partial charge is 0.241 e. The standard InChI is InChI=1S/C15H21N3O2S/c1-11(18(2)3)10-17-21(19,20)15-9-8-14(16)12-6-4-5-7-13(12)15/h4-9,11,17H,10,16H2,1-3H3. The number of hydrogen-bond donors (Lipinski definition) is 2. The van der Waals surface area contributed by atoms with E-state index in [2.05, 4.69) is 4.72 Å². The Labute approximate surface area is 125 Å². The van der Waals surface area contributed by atoms with Gasteiger partial charge >= 0.3 is 0 Å². The van der Waals surface area contributed by atoms with Gasteiger partial charge in [0.15, 0.2) is 0 Å². The summed E-state index contributed by atoms with van der Waals surface area (Å²) in [6.45, 7) is 2.32. The second-order valence-corrected chi connectivity index (χ2v) is 7.10. The molecule has 5 nitrogen and oxygen atoms in total. The minimum Gasteiger partial charge on any atom is -0.398 e. The minimum atomic E-state index is -3.56. The van der Waals surface area contributed by atoms with Crippen molar-refractivity contribution in [2.75, 3.05) is 26.4 Å². The minimum absolute atomic E-state index is 0.111. The zero-order valence-electron chi connectivity index (χ0n) is 12.5. The number of nitrogens with zero attached hydrogens (tertiary/aromatic N) is 1. The SMILES string of the molecule is CC(CNS(=O)(=O)c1ccc(N)c2ccccc12)N(C)C. The van der Waals surface area contributed by atoms with Crippen molar-refractivity contribution in [2.45, 2.75) is 17.9 Å². The molecule has 0 saturated carbocycles. The summed E-state index contributed by atoms with van der Waals surface area (Å²) in [6.07, 6.45) is 0. The molecule has 2 aromatic carbocycles. The number of nitrogens with two attached hydrogens (primary N) is 1. The van der Waals surface area contributed by atoms with Crippen molar-refractivity contribution in [1.82, 2.24) is 9.62 Å². The number of sulfonamides is 1. The van der Waals surface area contributed by atoms with Crippen LogP contribution in [-0.4, -0.2) is 40.0 Å². The molecule has 0 aliphatic carbocycles. The van der Waals surface area contributed by atoms with Gasteiger partial charge in [0.2, 0.25) is 10.0 Å². The second-order valence-electron chi connectivity index (χ2n) is 5.36. The van der Waals surface area contributed by atoms with Gasteiger partial charge in [-0.2, -0.15) is 0 Å². The van der Waals surface area contributed by atoms with Crippen LogP contribution in [0.3, 0.4) is 0 Å². The van der Waals surface area contributed by atoms with Crippen LogP contribution < -0.4 is 10.5 Å². The zero-order chi connectivity index (χ0) is 15.6. The molecule has 1 unspecified atom stereocenters. The number of rotatable bonds is 5. The maximum Gasteiger partial charge on any atom is 0.241 e. The van der Waals surface area contributed by atoms with Crippen molar-refractivity contribution < 1.29 is 8.42 Å². The molecule has 0 saturated heterocycles. The van der Waals surface area contributed by atoms with Crippen molar-refractivity contribution in [2.24, 2.45) is 0 Å². The molecular weight excluding hydrogens is 286 g/mol. The molecular formula is C15H21N3O2S. The predicted octanol–water partition coefficient (Wildman–Crippen LogP) is 1.65. The lowest BCUT2D eigenvalue weighted by molar-refractivity contribution is 0.314. The van der Waals surface area contributed by atoms with Gasteiger partial charge in [-0.3, -0.25) is 0 Å². The lowest BCUT2D eigenvalue weighted by Crippen LogP contribution is -2.38. The molecule has 3 N–H and O–H groups in total. The third kappa shape index (κ3) is 3.34. The summed E-state index contributed by atoms with van der Waals surface area (Å²) in [5, 5.41) is 1.39. The van der Waals surface area contributed by atoms with Gasteiger partial charge in [0, 0.05) is 29.0 Å². The number of nitrogens with one attached hydrogen (secondary N) is 1. The van der Waals surface area contributed by atoms with Crippen LogP contribution in [0.5, 0.6) is 0 Å². The van der Waals surface area contributed by atoms with Gasteiger partial charge in [-0.1, -0.05) is 24.3 Å². The van der Waals surface area contributed by atoms with Crippen LogP contribution in [-0.2, 0) is 10.0 Å². The number of fused-ring (bicyclic) bond motifs is 1. The summed E-state index contributed by atoms with van der Waals surface area (Å²) in [7, 11) is 0.264. The number of likely N-dealkylation sites (N-methyl/N-ethyl adjacent to an activating group) is 1. The Hall–Kier alpha value is -1.63. The maximum absolute atomic E-state index is 12.5. The second kappa shape index (κ2) is 6.01. The van der Waals surface area contributed by atoms with E-state index in [0.717, 1.165) is 5.39 Å². The van der Waals surface area contributed by atoms with E-state index in [1.165, 1.54) is 0 Å². The molecule has 0 amide bonds. The first-order valence-electron chi connectivity index (χ1n) is 6.76. The highest BCUT2D eigenvalue weighted by Gasteiger charge is 2.19. The molecule has 1 atom stereocenters. The van der Waals surface area contributed by atoms with Crippen LogP contribution in [0.1, 0.15) is 6.92 Å². The van der Waals surface area contributed by atoms with Crippen molar-refractivity contribution in [3.8, 4) is 0 Å². The number of benzene rings is 2. The van der Waals surface area contributed by atoms with Crippen molar-refractivity contribution in [1.29, 1.82) is 0 Å². The first kappa shape index (κ1) is 15.8. The van der Waals surface area contributed by atoms with Crippen LogP contribution >= 0.6 is 0 Å². The third-order valence-corrected chi connectivity index (χ3v) is 5.14. The van der Waals surface area contributed by atoms with E-state index in [0.29, 0.717) is 17.6 Å². The van der Waals surface area contributed by atoms with Gasteiger partial charge in [0.1, 0.15) is 0 Å². The Balaban J connectivity index is 2.39. The fourth-order valence-electron chi connectivity index (χ4n) is 2.02. The summed E-state index contributed by atoms with van der Waals surface area (Å²) >= 11 is 0. The van der Waals surface area contributed by atoms with E-state index >= 15 is 0 Å². The summed E-state index contributed by atoms with van der Waals surface area (Å²) in [4.78, 5) is 2.22. The van der Waals surface area contributed by atoms with E-state index in [1.807, 2.05) is 44.1 Å². The molecule has 2 rings (SSSR count). The molecule has 0 bridgehead atoms. The molecule has 0 aliphatic rings. The molecule has 2 aromatic rings. The van der Waals surface area contributed by atoms with Crippen LogP contribution in [0.2, 0.25) is 0 Å². The zero-order valence-corrected chi connectivity index (χ0v) is 13.3. The Bertz CT molecular complexity index is 742. The first-order valence-corrected chi connectivity index (χ1v) is 8.24. The monoisotopic (exact) mass is 307 g/mol. The molecule has 114 valence electrons. The Morgan fingerprint density at radius 3 is 2.38 bits per heavy atom. The average Bonchev–Trinajstić information content (AvgIpc) is 2.45. The van der Waals surface area contributed by atoms with Gasteiger partial charge in [-0.15, -0.1) is 0 Å². The van der Waals surface area contributed by atoms with Gasteiger partial charge in [-0.25, -0.2) is 13.1 Å². The molecule has 0 radical (unpaired) electrons. The summed E-state index contributed by atoms with van der Waals surface area (Å²) in [5.41, 5.74) is 6.48. The molecule has 21 heavy (non-hydrogen) atoms. The molecule has 0 spiro atoms. The van der Waals surface area contributed by atoms with Crippen LogP contribution in [0, 0.1) is 0 Å². The van der Waals surface area contributed by atoms with Gasteiger partial charge in [0.05, 0.1) is 4.90 Å². The van der Waals surface area contributed by atoms with E-state index in [4.69, 9.17) is 5.73 Å². The lowest BCUT2D eigenvalue weighted by atomic mass is 10.1. The van der Waals surface area contributed by atoms with E-state index in [9.17, 15) is 8.42 Å². The Morgan fingerprint density at radius 2 is 1.76 bits per heavy atom. The summed E-state index contributed by atoms with van der Waals surface area (Å²) in [5.74, 6) is 0. The summed E-state index contributed by atoms with van der Waals surface area (Å²) < 4.78 is 27.7. The largest absolute Gasteiger partial charge is 0.398 e. The van der Waals surface area contributed by atoms with Crippen LogP contribution in [0.25, 0.3) is 10.8 Å². The van der Waals surface area contributed by atoms with E-state index < -0.39 is 10.0 Å². The fourth-order valence-corrected chi connectivity index (χ4v) is 3.35. The topological polar surface area (TPSA) is 75.4 Å². The summed E-state index contributed by atoms with van der Waals surface area (Å²) in [6, 6.07) is 10.5. The highest BCUT2D eigenvalue weighted by molar-refractivity contribution is 7.89. The fraction of sp³-hybridized carbons (Fsp3) is 0.333. The molecule has 6 heteroatoms. The maximum atomic E-state index is 12.5. The third-order valence-electron chi connectivity index (χ3n) is 3.66. The van der Waals surface area contributed by atoms with Crippen molar-refractivity contribution >= 4 is 26.5 Å². The average molecular weight is 307 g/mol. The molecule has 0 aromatic heterocycles. The number of nitrogen functional groups attached to an aromatic ring is 1. The molecule has 0 aliphatic heterocycles. The number of hydrogen-bond acceptors (Lipinski definition) is 4. The van der Waals surface area contributed by atoms with Crippen molar-refractivity contribution in [3.63, 3.8) is 0 Å². The van der Waals surface area contributed by atoms with Gasteiger partial charge < -0.3 is 10.6 Å². The van der Waals surface area contributed by atoms with E-state index in [1.54, 1.807) is 18.2 Å².